The van der Waals surface area contributed by atoms with Gasteiger partial charge in [-0.2, -0.15) is 0 Å². The molecule has 0 spiro atoms. The molecule has 110 valence electrons. The van der Waals surface area contributed by atoms with Crippen molar-refractivity contribution < 1.29 is 0 Å². The number of hydrogen-bond donors (Lipinski definition) is 1. The van der Waals surface area contributed by atoms with Gasteiger partial charge in [0, 0.05) is 37.3 Å². The van der Waals surface area contributed by atoms with Crippen LogP contribution in [0.5, 0.6) is 0 Å². The summed E-state index contributed by atoms with van der Waals surface area (Å²) in [4.78, 5) is 5.41. The molecule has 1 saturated carbocycles. The number of nitrogens with one attached hydrogen (secondary N) is 1. The Bertz CT molecular complexity index is 284. The van der Waals surface area contributed by atoms with Gasteiger partial charge in [-0.25, -0.2) is 0 Å². The maximum absolute atomic E-state index is 3.84. The minimum Gasteiger partial charge on any atom is -0.311 e. The molecule has 0 amide bonds. The van der Waals surface area contributed by atoms with Gasteiger partial charge in [-0.05, 0) is 59.0 Å². The van der Waals surface area contributed by atoms with E-state index < -0.39 is 0 Å². The van der Waals surface area contributed by atoms with Crippen molar-refractivity contribution in [3.05, 3.63) is 0 Å². The Morgan fingerprint density at radius 3 is 2.58 bits per heavy atom. The fourth-order valence-corrected chi connectivity index (χ4v) is 3.94. The van der Waals surface area contributed by atoms with E-state index in [1.54, 1.807) is 0 Å². The maximum atomic E-state index is 3.84. The van der Waals surface area contributed by atoms with Crippen molar-refractivity contribution in [3.8, 4) is 0 Å². The molecule has 3 unspecified atom stereocenters. The van der Waals surface area contributed by atoms with Crippen molar-refractivity contribution in [2.45, 2.75) is 76.5 Å². The molecule has 0 aromatic rings. The second-order valence-electron chi connectivity index (χ2n) is 7.06. The number of rotatable bonds is 5. The summed E-state index contributed by atoms with van der Waals surface area (Å²) < 4.78 is 0. The van der Waals surface area contributed by atoms with Crippen LogP contribution in [0.2, 0.25) is 0 Å². The first kappa shape index (κ1) is 13.8. The third-order valence-electron chi connectivity index (χ3n) is 5.35. The Balaban J connectivity index is 1.39. The molecule has 1 aliphatic carbocycles. The molecule has 2 heterocycles. The quantitative estimate of drug-likeness (QED) is 0.821. The number of nitrogens with zero attached hydrogens (tertiary/aromatic N) is 2. The van der Waals surface area contributed by atoms with Crippen molar-refractivity contribution in [3.63, 3.8) is 0 Å². The van der Waals surface area contributed by atoms with Crippen LogP contribution in [-0.2, 0) is 0 Å². The number of likely N-dealkylation sites (tertiary alicyclic amines) is 2. The van der Waals surface area contributed by atoms with Crippen LogP contribution >= 0.6 is 0 Å². The summed E-state index contributed by atoms with van der Waals surface area (Å²) in [7, 11) is 0. The first-order valence-corrected chi connectivity index (χ1v) is 8.47. The molecule has 2 aliphatic heterocycles. The molecule has 19 heavy (non-hydrogen) atoms. The highest BCUT2D eigenvalue weighted by Crippen LogP contribution is 2.33. The van der Waals surface area contributed by atoms with Gasteiger partial charge >= 0.3 is 0 Å². The summed E-state index contributed by atoms with van der Waals surface area (Å²) in [5.41, 5.74) is 0. The van der Waals surface area contributed by atoms with E-state index in [9.17, 15) is 0 Å². The van der Waals surface area contributed by atoms with Crippen molar-refractivity contribution in [1.29, 1.82) is 0 Å². The first-order valence-electron chi connectivity index (χ1n) is 8.47. The van der Waals surface area contributed by atoms with Gasteiger partial charge in [-0.3, -0.25) is 9.80 Å². The van der Waals surface area contributed by atoms with E-state index >= 15 is 0 Å². The molecule has 3 aliphatic rings. The molecule has 3 fully saturated rings. The molecule has 0 aromatic heterocycles. The van der Waals surface area contributed by atoms with E-state index in [4.69, 9.17) is 0 Å². The van der Waals surface area contributed by atoms with Gasteiger partial charge in [0.05, 0.1) is 0 Å². The molecule has 2 saturated heterocycles. The Morgan fingerprint density at radius 1 is 1.16 bits per heavy atom. The van der Waals surface area contributed by atoms with Crippen LogP contribution in [0, 0.1) is 0 Å². The van der Waals surface area contributed by atoms with E-state index in [0.717, 1.165) is 18.1 Å². The molecule has 0 bridgehead atoms. The second-order valence-corrected chi connectivity index (χ2v) is 7.06. The van der Waals surface area contributed by atoms with Gasteiger partial charge < -0.3 is 5.32 Å². The molecule has 0 radical (unpaired) electrons. The molecule has 0 aromatic carbocycles. The van der Waals surface area contributed by atoms with E-state index in [0.29, 0.717) is 6.04 Å². The lowest BCUT2D eigenvalue weighted by Crippen LogP contribution is -2.46. The van der Waals surface area contributed by atoms with Crippen LogP contribution in [0.15, 0.2) is 0 Å². The summed E-state index contributed by atoms with van der Waals surface area (Å²) in [6.45, 7) is 9.91. The molecule has 3 heteroatoms. The average Bonchev–Trinajstić information content (AvgIpc) is 3.21. The van der Waals surface area contributed by atoms with Crippen LogP contribution in [0.1, 0.15) is 52.4 Å². The molecule has 3 nitrogen and oxygen atoms in total. The molecule has 1 N–H and O–H groups in total. The average molecular weight is 265 g/mol. The minimum absolute atomic E-state index is 0.714. The Morgan fingerprint density at radius 2 is 1.89 bits per heavy atom. The summed E-state index contributed by atoms with van der Waals surface area (Å²) in [5, 5.41) is 3.84. The van der Waals surface area contributed by atoms with Crippen molar-refractivity contribution in [2.24, 2.45) is 0 Å². The smallest absolute Gasteiger partial charge is 0.0210 e. The highest BCUT2D eigenvalue weighted by Gasteiger charge is 2.38. The topological polar surface area (TPSA) is 18.5 Å². The molecule has 3 rings (SSSR count). The van der Waals surface area contributed by atoms with E-state index in [-0.39, 0.29) is 0 Å². The van der Waals surface area contributed by atoms with Crippen LogP contribution < -0.4 is 5.32 Å². The van der Waals surface area contributed by atoms with Gasteiger partial charge in [0.15, 0.2) is 0 Å². The van der Waals surface area contributed by atoms with Gasteiger partial charge in [0.25, 0.3) is 0 Å². The van der Waals surface area contributed by atoms with Crippen molar-refractivity contribution in [2.75, 3.05) is 26.2 Å². The highest BCUT2D eigenvalue weighted by atomic mass is 15.3. The molecule has 3 atom stereocenters. The van der Waals surface area contributed by atoms with Gasteiger partial charge in [0.1, 0.15) is 0 Å². The van der Waals surface area contributed by atoms with Crippen molar-refractivity contribution >= 4 is 0 Å². The lowest BCUT2D eigenvalue weighted by molar-refractivity contribution is 0.167. The minimum atomic E-state index is 0.714. The molecular weight excluding hydrogens is 234 g/mol. The lowest BCUT2D eigenvalue weighted by Gasteiger charge is -2.33. The molecular formula is C16H31N3. The summed E-state index contributed by atoms with van der Waals surface area (Å²) in [6, 6.07) is 3.19. The van der Waals surface area contributed by atoms with Crippen LogP contribution in [0.25, 0.3) is 0 Å². The van der Waals surface area contributed by atoms with E-state index in [1.165, 1.54) is 64.7 Å². The SMILES string of the molecule is CC(CNC1CC(C)N(C2CC2)C1)N1CCCCC1. The highest BCUT2D eigenvalue weighted by molar-refractivity contribution is 4.96. The normalized spacial score (nSPS) is 35.7. The first-order chi connectivity index (χ1) is 9.24. The maximum Gasteiger partial charge on any atom is 0.0210 e. The zero-order chi connectivity index (χ0) is 13.2. The summed E-state index contributed by atoms with van der Waals surface area (Å²) in [6.07, 6.45) is 8.49. The van der Waals surface area contributed by atoms with Gasteiger partial charge in [0.2, 0.25) is 0 Å². The predicted molar refractivity (Wildman–Crippen MR) is 80.5 cm³/mol. The summed E-state index contributed by atoms with van der Waals surface area (Å²) >= 11 is 0. The predicted octanol–water partition coefficient (Wildman–Crippen LogP) is 2.08. The Kier molecular flexibility index (Phi) is 4.45. The third-order valence-corrected chi connectivity index (χ3v) is 5.35. The zero-order valence-electron chi connectivity index (χ0n) is 12.8. The third kappa shape index (κ3) is 3.50. The van der Waals surface area contributed by atoms with Crippen molar-refractivity contribution in [1.82, 2.24) is 15.1 Å². The standard InChI is InChI=1S/C16H31N3/c1-13-10-15(12-19(13)16-6-7-16)17-11-14(2)18-8-4-3-5-9-18/h13-17H,3-12H2,1-2H3. The second kappa shape index (κ2) is 6.11. The van der Waals surface area contributed by atoms with Crippen LogP contribution in [0.3, 0.4) is 0 Å². The largest absolute Gasteiger partial charge is 0.311 e. The summed E-state index contributed by atoms with van der Waals surface area (Å²) in [5.74, 6) is 0. The van der Waals surface area contributed by atoms with Gasteiger partial charge in [-0.15, -0.1) is 0 Å². The monoisotopic (exact) mass is 265 g/mol. The van der Waals surface area contributed by atoms with E-state index in [2.05, 4.69) is 29.0 Å². The Labute approximate surface area is 118 Å². The van der Waals surface area contributed by atoms with Gasteiger partial charge in [-0.1, -0.05) is 6.42 Å². The fourth-order valence-electron chi connectivity index (χ4n) is 3.94. The zero-order valence-corrected chi connectivity index (χ0v) is 12.8. The van der Waals surface area contributed by atoms with Crippen LogP contribution in [0.4, 0.5) is 0 Å². The van der Waals surface area contributed by atoms with E-state index in [1.807, 2.05) is 0 Å². The van der Waals surface area contributed by atoms with Crippen LogP contribution in [-0.4, -0.2) is 60.1 Å². The lowest BCUT2D eigenvalue weighted by atomic mass is 10.1. The fraction of sp³-hybridized carbons (Fsp3) is 1.00. The Hall–Kier alpha value is -0.120. The number of piperidine rings is 1. The number of hydrogen-bond acceptors (Lipinski definition) is 3.